The third kappa shape index (κ3) is 6.71. The maximum atomic E-state index is 12.7. The highest BCUT2D eigenvalue weighted by atomic mass is 32.1. The molecule has 0 radical (unpaired) electrons. The third-order valence-electron chi connectivity index (χ3n) is 7.31. The van der Waals surface area contributed by atoms with E-state index < -0.39 is 0 Å². The second-order valence-corrected chi connectivity index (χ2v) is 10.9. The number of thiazole rings is 1. The molecule has 2 aliphatic rings. The molecule has 0 saturated carbocycles. The second-order valence-electron chi connectivity index (χ2n) is 9.99. The molecule has 3 aromatic rings. The number of carbonyl (C=O) groups excluding carboxylic acids is 1. The Morgan fingerprint density at radius 1 is 0.971 bits per heavy atom. The van der Waals surface area contributed by atoms with Gasteiger partial charge in [0.2, 0.25) is 0 Å². The monoisotopic (exact) mass is 489 g/mol. The van der Waals surface area contributed by atoms with Gasteiger partial charge in [-0.15, -0.1) is 11.3 Å². The summed E-state index contributed by atoms with van der Waals surface area (Å²) in [6.45, 7) is 5.54. The fourth-order valence-corrected chi connectivity index (χ4v) is 5.95. The normalized spacial score (nSPS) is 19.5. The van der Waals surface area contributed by atoms with E-state index in [9.17, 15) is 4.79 Å². The van der Waals surface area contributed by atoms with Crippen molar-refractivity contribution in [2.75, 3.05) is 32.8 Å². The molecule has 35 heavy (non-hydrogen) atoms. The van der Waals surface area contributed by atoms with Gasteiger partial charge in [-0.05, 0) is 74.4 Å². The van der Waals surface area contributed by atoms with Crippen LogP contribution in [0, 0.1) is 11.8 Å². The van der Waals surface area contributed by atoms with Crippen molar-refractivity contribution in [1.82, 2.24) is 14.8 Å². The van der Waals surface area contributed by atoms with Crippen LogP contribution in [0.25, 0.3) is 0 Å². The average molecular weight is 490 g/mol. The van der Waals surface area contributed by atoms with Gasteiger partial charge < -0.3 is 9.64 Å². The zero-order valence-corrected chi connectivity index (χ0v) is 21.2. The number of amides is 1. The first-order valence-corrected chi connectivity index (χ1v) is 13.8. The zero-order valence-electron chi connectivity index (χ0n) is 20.4. The predicted octanol–water partition coefficient (Wildman–Crippen LogP) is 5.53. The molecule has 0 spiro atoms. The van der Waals surface area contributed by atoms with Crippen LogP contribution in [-0.2, 0) is 13.0 Å². The summed E-state index contributed by atoms with van der Waals surface area (Å²) in [6.07, 6.45) is 7.53. The molecule has 0 aliphatic carbocycles. The van der Waals surface area contributed by atoms with E-state index in [1.807, 2.05) is 4.90 Å². The summed E-state index contributed by atoms with van der Waals surface area (Å²) in [5.41, 5.74) is 4.50. The van der Waals surface area contributed by atoms with Gasteiger partial charge in [0.1, 0.15) is 10.6 Å². The van der Waals surface area contributed by atoms with Crippen molar-refractivity contribution in [3.05, 3.63) is 82.3 Å². The quantitative estimate of drug-likeness (QED) is 0.417. The van der Waals surface area contributed by atoms with Crippen molar-refractivity contribution in [1.29, 1.82) is 0 Å². The highest BCUT2D eigenvalue weighted by Gasteiger charge is 2.26. The van der Waals surface area contributed by atoms with Crippen LogP contribution < -0.4 is 4.74 Å². The Labute approximate surface area is 212 Å². The van der Waals surface area contributed by atoms with E-state index >= 15 is 0 Å². The molecule has 2 aromatic carbocycles. The first-order chi connectivity index (χ1) is 17.2. The maximum Gasteiger partial charge on any atom is 0.265 e. The zero-order chi connectivity index (χ0) is 23.9. The molecule has 0 unspecified atom stereocenters. The number of benzene rings is 2. The molecule has 2 aliphatic heterocycles. The van der Waals surface area contributed by atoms with Crippen LogP contribution in [0.15, 0.2) is 66.3 Å². The molecule has 1 amide bonds. The Kier molecular flexibility index (Phi) is 8.11. The van der Waals surface area contributed by atoms with Crippen molar-refractivity contribution in [3.8, 4) is 5.75 Å². The van der Waals surface area contributed by atoms with Crippen molar-refractivity contribution in [2.24, 2.45) is 11.8 Å². The van der Waals surface area contributed by atoms with Gasteiger partial charge in [0, 0.05) is 25.6 Å². The van der Waals surface area contributed by atoms with Gasteiger partial charge in [0.25, 0.3) is 5.91 Å². The second kappa shape index (κ2) is 11.8. The Hall–Kier alpha value is -2.70. The predicted molar refractivity (Wildman–Crippen MR) is 141 cm³/mol. The van der Waals surface area contributed by atoms with Gasteiger partial charge in [0.15, 0.2) is 0 Å². The number of nitrogens with zero attached hydrogens (tertiary/aromatic N) is 3. The summed E-state index contributed by atoms with van der Waals surface area (Å²) in [5.74, 6) is 2.20. The molecule has 5 rings (SSSR count). The number of carbonyl (C=O) groups is 1. The van der Waals surface area contributed by atoms with Crippen molar-refractivity contribution in [2.45, 2.75) is 38.6 Å². The summed E-state index contributed by atoms with van der Waals surface area (Å²) in [4.78, 5) is 22.0. The lowest BCUT2D eigenvalue weighted by molar-refractivity contribution is 0.0638. The molecule has 0 N–H and O–H groups in total. The number of piperidine rings is 2. The van der Waals surface area contributed by atoms with Crippen molar-refractivity contribution >= 4 is 17.2 Å². The van der Waals surface area contributed by atoms with E-state index in [0.29, 0.717) is 12.5 Å². The van der Waals surface area contributed by atoms with Gasteiger partial charge in [-0.2, -0.15) is 0 Å². The smallest absolute Gasteiger partial charge is 0.265 e. The van der Waals surface area contributed by atoms with Crippen molar-refractivity contribution < 1.29 is 9.53 Å². The maximum absolute atomic E-state index is 12.7. The van der Waals surface area contributed by atoms with Gasteiger partial charge in [0.05, 0.1) is 18.3 Å². The molecule has 1 atom stereocenters. The van der Waals surface area contributed by atoms with Crippen LogP contribution in [0.4, 0.5) is 0 Å². The van der Waals surface area contributed by atoms with E-state index in [2.05, 4.69) is 64.5 Å². The van der Waals surface area contributed by atoms with Gasteiger partial charge >= 0.3 is 0 Å². The summed E-state index contributed by atoms with van der Waals surface area (Å²) in [5, 5.41) is 0. The Morgan fingerprint density at radius 3 is 2.60 bits per heavy atom. The lowest BCUT2D eigenvalue weighted by Gasteiger charge is -2.32. The summed E-state index contributed by atoms with van der Waals surface area (Å²) in [6, 6.07) is 19.4. The number of hydrogen-bond donors (Lipinski definition) is 0. The molecular weight excluding hydrogens is 454 g/mol. The standard InChI is InChI=1S/C29H35N3O2S/c33-29(28-18-30-22-35-28)32-13-5-9-26(20-32)21-34-27-10-4-8-25(17-27)19-31-14-11-24(12-15-31)16-23-6-2-1-3-7-23/h1-4,6-8,10,17-18,22,24,26H,5,9,11-16,19-21H2/t26-/m1/s1. The summed E-state index contributed by atoms with van der Waals surface area (Å²) < 4.78 is 6.21. The SMILES string of the molecule is O=C(c1cncs1)N1CCC[C@@H](COc2cccc(CN3CCC(Cc4ccccc4)CC3)c2)C1. The Bertz CT molecular complexity index is 1060. The molecule has 5 nitrogen and oxygen atoms in total. The van der Waals surface area contributed by atoms with Gasteiger partial charge in [-0.25, -0.2) is 0 Å². The van der Waals surface area contributed by atoms with Crippen LogP contribution >= 0.6 is 11.3 Å². The topological polar surface area (TPSA) is 45.7 Å². The summed E-state index contributed by atoms with van der Waals surface area (Å²) >= 11 is 1.41. The molecule has 184 valence electrons. The molecule has 3 heterocycles. The lowest BCUT2D eigenvalue weighted by Crippen LogP contribution is -2.41. The van der Waals surface area contributed by atoms with E-state index in [1.54, 1.807) is 11.7 Å². The highest BCUT2D eigenvalue weighted by molar-refractivity contribution is 7.11. The van der Waals surface area contributed by atoms with E-state index in [1.165, 1.54) is 41.7 Å². The number of hydrogen-bond acceptors (Lipinski definition) is 5. The first-order valence-electron chi connectivity index (χ1n) is 12.9. The molecule has 2 fully saturated rings. The van der Waals surface area contributed by atoms with Crippen molar-refractivity contribution in [3.63, 3.8) is 0 Å². The average Bonchev–Trinajstić information content (AvgIpc) is 3.44. The van der Waals surface area contributed by atoms with E-state index in [4.69, 9.17) is 4.74 Å². The molecule has 2 saturated heterocycles. The van der Waals surface area contributed by atoms with Crippen LogP contribution in [0.3, 0.4) is 0 Å². The molecular formula is C29H35N3O2S. The molecule has 6 heteroatoms. The first kappa shape index (κ1) is 24.0. The lowest BCUT2D eigenvalue weighted by atomic mass is 9.90. The minimum atomic E-state index is 0.103. The Balaban J connectivity index is 1.07. The van der Waals surface area contributed by atoms with Crippen LogP contribution in [0.5, 0.6) is 5.75 Å². The third-order valence-corrected chi connectivity index (χ3v) is 8.08. The van der Waals surface area contributed by atoms with Crippen LogP contribution in [0.2, 0.25) is 0 Å². The fraction of sp³-hybridized carbons (Fsp3) is 0.448. The van der Waals surface area contributed by atoms with E-state index in [-0.39, 0.29) is 5.91 Å². The van der Waals surface area contributed by atoms with E-state index in [0.717, 1.165) is 62.1 Å². The molecule has 0 bridgehead atoms. The minimum absolute atomic E-state index is 0.103. The summed E-state index contributed by atoms with van der Waals surface area (Å²) in [7, 11) is 0. The molecule has 1 aromatic heterocycles. The Morgan fingerprint density at radius 2 is 1.80 bits per heavy atom. The highest BCUT2D eigenvalue weighted by Crippen LogP contribution is 2.25. The van der Waals surface area contributed by atoms with Crippen LogP contribution in [-0.4, -0.2) is 53.5 Å². The largest absolute Gasteiger partial charge is 0.493 e. The minimum Gasteiger partial charge on any atom is -0.493 e. The number of ether oxygens (including phenoxy) is 1. The number of aromatic nitrogens is 1. The number of rotatable bonds is 8. The number of likely N-dealkylation sites (tertiary alicyclic amines) is 2. The van der Waals surface area contributed by atoms with Crippen LogP contribution in [0.1, 0.15) is 46.5 Å². The van der Waals surface area contributed by atoms with Gasteiger partial charge in [-0.3, -0.25) is 14.7 Å². The van der Waals surface area contributed by atoms with Gasteiger partial charge in [-0.1, -0.05) is 42.5 Å². The fourth-order valence-electron chi connectivity index (χ4n) is 5.36.